The zero-order valence-corrected chi connectivity index (χ0v) is 12.8. The minimum atomic E-state index is -2.56. The van der Waals surface area contributed by atoms with Gasteiger partial charge in [0.2, 0.25) is 0 Å². The first kappa shape index (κ1) is 14.0. The normalized spacial score (nSPS) is 12.0. The van der Waals surface area contributed by atoms with Crippen molar-refractivity contribution in [2.24, 2.45) is 0 Å². The van der Waals surface area contributed by atoms with Crippen LogP contribution in [-0.4, -0.2) is 24.3 Å². The van der Waals surface area contributed by atoms with Gasteiger partial charge in [-0.2, -0.15) is 0 Å². The van der Waals surface area contributed by atoms with Gasteiger partial charge >= 0.3 is 91.6 Å². The molecule has 0 spiro atoms. The van der Waals surface area contributed by atoms with Gasteiger partial charge in [0.05, 0.1) is 0 Å². The molecule has 0 saturated heterocycles. The standard InChI is InChI=1S/2C4H9.C2H5O.ClH.Sn/c2*1-3-4-2;1-2-3;;/h2*1,3-4H2,2H3;2H2,1H3;1H;/q;;-1;;+2/p-1. The average molecular weight is 313 g/mol. The Labute approximate surface area is 91.3 Å². The summed E-state index contributed by atoms with van der Waals surface area (Å²) in [6, 6.07) is 0. The van der Waals surface area contributed by atoms with E-state index in [1.165, 1.54) is 34.6 Å². The molecule has 0 aromatic carbocycles. The quantitative estimate of drug-likeness (QED) is 0.607. The maximum atomic E-state index is 6.58. The third-order valence-corrected chi connectivity index (χ3v) is 14.1. The molecule has 0 N–H and O–H groups in total. The van der Waals surface area contributed by atoms with Crippen LogP contribution in [0.25, 0.3) is 0 Å². The molecule has 80 valence electrons. The first-order valence-electron chi connectivity index (χ1n) is 5.51. The van der Waals surface area contributed by atoms with Gasteiger partial charge in [-0.15, -0.1) is 0 Å². The van der Waals surface area contributed by atoms with Crippen molar-refractivity contribution in [3.8, 4) is 0 Å². The fourth-order valence-electron chi connectivity index (χ4n) is 1.41. The summed E-state index contributed by atoms with van der Waals surface area (Å²) in [4.78, 5) is 0. The van der Waals surface area contributed by atoms with E-state index in [0.29, 0.717) is 0 Å². The molecule has 13 heavy (non-hydrogen) atoms. The van der Waals surface area contributed by atoms with Crippen LogP contribution in [0.4, 0.5) is 0 Å². The van der Waals surface area contributed by atoms with Crippen LogP contribution in [0.3, 0.4) is 0 Å². The maximum absolute atomic E-state index is 6.58. The predicted octanol–water partition coefficient (Wildman–Crippen LogP) is 4.30. The van der Waals surface area contributed by atoms with Crippen molar-refractivity contribution in [1.29, 1.82) is 0 Å². The molecule has 0 aromatic heterocycles. The van der Waals surface area contributed by atoms with E-state index in [9.17, 15) is 0 Å². The first-order chi connectivity index (χ1) is 6.18. The topological polar surface area (TPSA) is 9.23 Å². The van der Waals surface area contributed by atoms with E-state index >= 15 is 0 Å². The Balaban J connectivity index is 3.84. The van der Waals surface area contributed by atoms with Gasteiger partial charge in [-0.3, -0.25) is 0 Å². The van der Waals surface area contributed by atoms with E-state index in [1.54, 1.807) is 0 Å². The summed E-state index contributed by atoms with van der Waals surface area (Å²) in [7, 11) is 6.58. The monoisotopic (exact) mass is 314 g/mol. The summed E-state index contributed by atoms with van der Waals surface area (Å²) in [6.07, 6.45) is 4.99. The molecule has 0 aliphatic rings. The summed E-state index contributed by atoms with van der Waals surface area (Å²) in [5, 5.41) is 0. The van der Waals surface area contributed by atoms with Crippen LogP contribution in [-0.2, 0) is 3.07 Å². The van der Waals surface area contributed by atoms with Crippen molar-refractivity contribution in [1.82, 2.24) is 0 Å². The Hall–Kier alpha value is 1.05. The Bertz CT molecular complexity index is 111. The number of hydrogen-bond acceptors (Lipinski definition) is 1. The minimum absolute atomic E-state index is 0.813. The van der Waals surface area contributed by atoms with Gasteiger partial charge in [-0.05, 0) is 0 Å². The van der Waals surface area contributed by atoms with Crippen LogP contribution in [0, 0.1) is 0 Å². The van der Waals surface area contributed by atoms with Crippen LogP contribution in [0.2, 0.25) is 8.87 Å². The molecule has 0 rings (SSSR count). The number of hydrogen-bond donors (Lipinski definition) is 0. The Morgan fingerprint density at radius 3 is 1.77 bits per heavy atom. The second kappa shape index (κ2) is 8.36. The summed E-state index contributed by atoms with van der Waals surface area (Å²) in [5.74, 6) is 0. The predicted molar refractivity (Wildman–Crippen MR) is 62.7 cm³/mol. The van der Waals surface area contributed by atoms with Crippen molar-refractivity contribution < 1.29 is 3.07 Å². The Morgan fingerprint density at radius 2 is 1.46 bits per heavy atom. The van der Waals surface area contributed by atoms with E-state index in [4.69, 9.17) is 12.0 Å². The molecule has 0 fully saturated rings. The summed E-state index contributed by atoms with van der Waals surface area (Å²) < 4.78 is 8.20. The summed E-state index contributed by atoms with van der Waals surface area (Å²) in [5.41, 5.74) is 0. The molecule has 0 aliphatic carbocycles. The molecule has 3 heteroatoms. The number of rotatable bonds is 8. The molecule has 0 saturated carbocycles. The summed E-state index contributed by atoms with van der Waals surface area (Å²) in [6.45, 7) is 7.31. The van der Waals surface area contributed by atoms with E-state index in [-0.39, 0.29) is 0 Å². The van der Waals surface area contributed by atoms with Crippen molar-refractivity contribution in [3.63, 3.8) is 0 Å². The van der Waals surface area contributed by atoms with Crippen LogP contribution in [0.1, 0.15) is 46.5 Å². The van der Waals surface area contributed by atoms with Crippen molar-refractivity contribution >= 4 is 26.6 Å². The van der Waals surface area contributed by atoms with Crippen LogP contribution in [0.5, 0.6) is 0 Å². The number of halogens is 1. The SMILES string of the molecule is CCC[CH2][Sn]([Cl])([CH2]CCC)[O]CC. The van der Waals surface area contributed by atoms with Crippen LogP contribution < -0.4 is 0 Å². The summed E-state index contributed by atoms with van der Waals surface area (Å²) >= 11 is -2.56. The van der Waals surface area contributed by atoms with Gasteiger partial charge < -0.3 is 0 Å². The van der Waals surface area contributed by atoms with Crippen LogP contribution >= 0.6 is 8.92 Å². The average Bonchev–Trinajstić information content (AvgIpc) is 2.12. The molecule has 1 nitrogen and oxygen atoms in total. The zero-order chi connectivity index (χ0) is 10.2. The fourth-order valence-corrected chi connectivity index (χ4v) is 12.0. The molecule has 0 bridgehead atoms. The van der Waals surface area contributed by atoms with Gasteiger partial charge in [-0.1, -0.05) is 0 Å². The molecule has 0 aliphatic heterocycles. The van der Waals surface area contributed by atoms with Crippen molar-refractivity contribution in [3.05, 3.63) is 0 Å². The third kappa shape index (κ3) is 7.03. The second-order valence-electron chi connectivity index (χ2n) is 3.52. The molecule has 0 aromatic rings. The number of unbranched alkanes of at least 4 members (excludes halogenated alkanes) is 2. The van der Waals surface area contributed by atoms with Crippen molar-refractivity contribution in [2.45, 2.75) is 55.3 Å². The molecular formula is C10H23ClOSn. The fraction of sp³-hybridized carbons (Fsp3) is 1.00. The van der Waals surface area contributed by atoms with E-state index in [1.807, 2.05) is 0 Å². The molecule has 0 radical (unpaired) electrons. The van der Waals surface area contributed by atoms with Gasteiger partial charge in [0.25, 0.3) is 0 Å². The van der Waals surface area contributed by atoms with Crippen LogP contribution in [0.15, 0.2) is 0 Å². The van der Waals surface area contributed by atoms with Gasteiger partial charge in [0.15, 0.2) is 0 Å². The second-order valence-corrected chi connectivity index (χ2v) is 16.9. The Kier molecular flexibility index (Phi) is 9.04. The van der Waals surface area contributed by atoms with E-state index < -0.39 is 17.7 Å². The van der Waals surface area contributed by atoms with Gasteiger partial charge in [0.1, 0.15) is 0 Å². The van der Waals surface area contributed by atoms with E-state index in [2.05, 4.69) is 20.8 Å². The third-order valence-electron chi connectivity index (χ3n) is 2.21. The first-order valence-corrected chi connectivity index (χ1v) is 14.3. The molecule has 0 heterocycles. The Morgan fingerprint density at radius 1 is 1.00 bits per heavy atom. The molecular weight excluding hydrogens is 290 g/mol. The van der Waals surface area contributed by atoms with E-state index in [0.717, 1.165) is 6.61 Å². The molecule has 0 unspecified atom stereocenters. The molecule has 0 atom stereocenters. The molecule has 0 amide bonds. The van der Waals surface area contributed by atoms with Crippen molar-refractivity contribution in [2.75, 3.05) is 6.61 Å². The van der Waals surface area contributed by atoms with Gasteiger partial charge in [-0.25, -0.2) is 0 Å². The zero-order valence-electron chi connectivity index (χ0n) is 9.24. The van der Waals surface area contributed by atoms with Gasteiger partial charge in [0, 0.05) is 0 Å².